The van der Waals surface area contributed by atoms with Crippen molar-refractivity contribution in [2.75, 3.05) is 5.73 Å². The van der Waals surface area contributed by atoms with Crippen LogP contribution in [0, 0.1) is 0 Å². The lowest BCUT2D eigenvalue weighted by Gasteiger charge is -1.99. The number of nitrogen functional groups attached to an aromatic ring is 1. The Balaban J connectivity index is 2.15. The average Bonchev–Trinajstić information content (AvgIpc) is 2.98. The molecule has 0 aliphatic carbocycles. The van der Waals surface area contributed by atoms with Crippen molar-refractivity contribution >= 4 is 28.1 Å². The van der Waals surface area contributed by atoms with Gasteiger partial charge in [0.15, 0.2) is 10.9 Å². The van der Waals surface area contributed by atoms with Gasteiger partial charge in [0.1, 0.15) is 10.8 Å². The zero-order valence-corrected chi connectivity index (χ0v) is 10.7. The van der Waals surface area contributed by atoms with E-state index in [2.05, 4.69) is 9.97 Å². The van der Waals surface area contributed by atoms with Crippen LogP contribution in [0.4, 0.5) is 5.13 Å². The number of furan rings is 1. The second-order valence-electron chi connectivity index (χ2n) is 3.58. The Labute approximate surface area is 112 Å². The fourth-order valence-electron chi connectivity index (χ4n) is 1.62. The van der Waals surface area contributed by atoms with Gasteiger partial charge >= 0.3 is 0 Å². The number of thiazole rings is 1. The van der Waals surface area contributed by atoms with Crippen LogP contribution < -0.4 is 5.73 Å². The van der Waals surface area contributed by atoms with Crippen LogP contribution in [0.25, 0.3) is 21.9 Å². The first-order chi connectivity index (χ1) is 8.74. The molecule has 4 nitrogen and oxygen atoms in total. The molecule has 0 saturated carbocycles. The topological polar surface area (TPSA) is 64.9 Å². The minimum Gasteiger partial charge on any atom is -0.463 e. The molecule has 0 unspecified atom stereocenters. The van der Waals surface area contributed by atoms with E-state index < -0.39 is 0 Å². The van der Waals surface area contributed by atoms with E-state index >= 15 is 0 Å². The van der Waals surface area contributed by atoms with Crippen molar-refractivity contribution in [1.29, 1.82) is 0 Å². The quantitative estimate of drug-likeness (QED) is 0.725. The Kier molecular flexibility index (Phi) is 2.77. The summed E-state index contributed by atoms with van der Waals surface area (Å²) in [4.78, 5) is 9.28. The van der Waals surface area contributed by atoms with Crippen LogP contribution >= 0.6 is 22.9 Å². The number of anilines is 1. The van der Waals surface area contributed by atoms with Crippen LogP contribution in [-0.4, -0.2) is 9.97 Å². The van der Waals surface area contributed by atoms with Gasteiger partial charge in [0, 0.05) is 11.8 Å². The molecule has 90 valence electrons. The van der Waals surface area contributed by atoms with Gasteiger partial charge in [-0.15, -0.1) is 0 Å². The lowest BCUT2D eigenvalue weighted by molar-refractivity contribution is 0.581. The monoisotopic (exact) mass is 277 g/mol. The molecule has 0 aliphatic rings. The predicted octanol–water partition coefficient (Wildman–Crippen LogP) is 3.70. The summed E-state index contributed by atoms with van der Waals surface area (Å²) in [5, 5.41) is 0.946. The number of nitrogens with two attached hydrogens (primary N) is 1. The first-order valence-electron chi connectivity index (χ1n) is 5.16. The largest absolute Gasteiger partial charge is 0.463 e. The van der Waals surface area contributed by atoms with Crippen LogP contribution in [0.5, 0.6) is 0 Å². The van der Waals surface area contributed by atoms with E-state index in [0.717, 1.165) is 16.1 Å². The van der Waals surface area contributed by atoms with Crippen LogP contribution in [0.3, 0.4) is 0 Å². The second kappa shape index (κ2) is 4.44. The lowest BCUT2D eigenvalue weighted by Crippen LogP contribution is -1.83. The van der Waals surface area contributed by atoms with Crippen molar-refractivity contribution in [3.05, 3.63) is 41.9 Å². The van der Waals surface area contributed by atoms with Gasteiger partial charge in [-0.05, 0) is 24.3 Å². The van der Waals surface area contributed by atoms with Gasteiger partial charge < -0.3 is 10.2 Å². The molecule has 2 N–H and O–H groups in total. The maximum atomic E-state index is 5.78. The number of hydrogen-bond donors (Lipinski definition) is 1. The van der Waals surface area contributed by atoms with Gasteiger partial charge in [-0.2, -0.15) is 0 Å². The molecule has 0 atom stereocenters. The third-order valence-electron chi connectivity index (χ3n) is 2.39. The van der Waals surface area contributed by atoms with Crippen LogP contribution in [0.1, 0.15) is 0 Å². The van der Waals surface area contributed by atoms with Crippen LogP contribution in [-0.2, 0) is 0 Å². The summed E-state index contributed by atoms with van der Waals surface area (Å²) in [6.45, 7) is 0. The molecular weight excluding hydrogens is 270 g/mol. The number of nitrogens with zero attached hydrogens (tertiary/aromatic N) is 2. The molecule has 3 aromatic heterocycles. The maximum Gasteiger partial charge on any atom is 0.181 e. The number of hydrogen-bond acceptors (Lipinski definition) is 5. The normalized spacial score (nSPS) is 10.7. The van der Waals surface area contributed by atoms with E-state index in [-0.39, 0.29) is 0 Å². The molecule has 0 aliphatic heterocycles. The molecule has 3 aromatic rings. The molecule has 0 spiro atoms. The summed E-state index contributed by atoms with van der Waals surface area (Å²) in [6.07, 6.45) is 3.30. The highest BCUT2D eigenvalue weighted by atomic mass is 35.5. The molecule has 3 rings (SSSR count). The number of pyridine rings is 1. The molecule has 0 fully saturated rings. The van der Waals surface area contributed by atoms with Gasteiger partial charge in [-0.1, -0.05) is 22.9 Å². The summed E-state index contributed by atoms with van der Waals surface area (Å²) in [6, 6.07) is 7.28. The fourth-order valence-corrected chi connectivity index (χ4v) is 2.56. The molecule has 6 heteroatoms. The van der Waals surface area contributed by atoms with Gasteiger partial charge in [0.05, 0.1) is 11.1 Å². The Morgan fingerprint density at radius 3 is 2.83 bits per heavy atom. The van der Waals surface area contributed by atoms with Crippen molar-refractivity contribution in [3.8, 4) is 21.9 Å². The number of rotatable bonds is 2. The smallest absolute Gasteiger partial charge is 0.181 e. The third kappa shape index (κ3) is 1.98. The van der Waals surface area contributed by atoms with E-state index in [4.69, 9.17) is 21.8 Å². The predicted molar refractivity (Wildman–Crippen MR) is 72.5 cm³/mol. The van der Waals surface area contributed by atoms with Gasteiger partial charge in [0.2, 0.25) is 0 Å². The van der Waals surface area contributed by atoms with E-state index in [1.807, 2.05) is 18.2 Å². The summed E-state index contributed by atoms with van der Waals surface area (Å²) in [5.41, 5.74) is 7.42. The zero-order valence-electron chi connectivity index (χ0n) is 9.13. The summed E-state index contributed by atoms with van der Waals surface area (Å²) >= 11 is 7.17. The van der Waals surface area contributed by atoms with Crippen molar-refractivity contribution < 1.29 is 4.42 Å². The third-order valence-corrected chi connectivity index (χ3v) is 3.55. The molecule has 0 saturated heterocycles. The SMILES string of the molecule is Nc1nc(-c2ccco2)c(-c2ccc(Cl)nc2)s1. The van der Waals surface area contributed by atoms with E-state index in [1.54, 1.807) is 18.5 Å². The van der Waals surface area contributed by atoms with Crippen molar-refractivity contribution in [2.24, 2.45) is 0 Å². The molecule has 3 heterocycles. The highest BCUT2D eigenvalue weighted by Gasteiger charge is 2.15. The average molecular weight is 278 g/mol. The Hall–Kier alpha value is -1.85. The van der Waals surface area contributed by atoms with E-state index in [9.17, 15) is 0 Å². The minimum absolute atomic E-state index is 0.454. The van der Waals surface area contributed by atoms with Gasteiger partial charge in [-0.25, -0.2) is 9.97 Å². The van der Waals surface area contributed by atoms with Crippen LogP contribution in [0.2, 0.25) is 5.15 Å². The van der Waals surface area contributed by atoms with E-state index in [0.29, 0.717) is 16.0 Å². The van der Waals surface area contributed by atoms with E-state index in [1.165, 1.54) is 11.3 Å². The van der Waals surface area contributed by atoms with Crippen LogP contribution in [0.15, 0.2) is 41.1 Å². The minimum atomic E-state index is 0.454. The standard InChI is InChI=1S/C12H8ClN3OS/c13-9-4-3-7(6-15-9)11-10(16-12(14)18-11)8-2-1-5-17-8/h1-6H,(H2,14,16). The van der Waals surface area contributed by atoms with Crippen molar-refractivity contribution in [3.63, 3.8) is 0 Å². The molecule has 18 heavy (non-hydrogen) atoms. The first kappa shape index (κ1) is 11.3. The van der Waals surface area contributed by atoms with Crippen molar-refractivity contribution in [2.45, 2.75) is 0 Å². The summed E-state index contributed by atoms with van der Waals surface area (Å²) in [7, 11) is 0. The summed E-state index contributed by atoms with van der Waals surface area (Å²) < 4.78 is 5.36. The second-order valence-corrected chi connectivity index (χ2v) is 4.99. The van der Waals surface area contributed by atoms with Crippen molar-refractivity contribution in [1.82, 2.24) is 9.97 Å². The Morgan fingerprint density at radius 2 is 2.17 bits per heavy atom. The molecular formula is C12H8ClN3OS. The molecule has 0 bridgehead atoms. The zero-order chi connectivity index (χ0) is 12.5. The highest BCUT2D eigenvalue weighted by Crippen LogP contribution is 2.37. The van der Waals surface area contributed by atoms with Gasteiger partial charge in [0.25, 0.3) is 0 Å². The fraction of sp³-hybridized carbons (Fsp3) is 0. The molecule has 0 aromatic carbocycles. The first-order valence-corrected chi connectivity index (χ1v) is 6.35. The maximum absolute atomic E-state index is 5.78. The number of halogens is 1. The molecule has 0 amide bonds. The molecule has 0 radical (unpaired) electrons. The lowest BCUT2D eigenvalue weighted by atomic mass is 10.2. The number of aromatic nitrogens is 2. The highest BCUT2D eigenvalue weighted by molar-refractivity contribution is 7.19. The van der Waals surface area contributed by atoms with Gasteiger partial charge in [-0.3, -0.25) is 0 Å². The summed E-state index contributed by atoms with van der Waals surface area (Å²) in [5.74, 6) is 0.688. The Bertz CT molecular complexity index is 661. The Morgan fingerprint density at radius 1 is 1.28 bits per heavy atom.